The van der Waals surface area contributed by atoms with Crippen LogP contribution in [0.5, 0.6) is 0 Å². The molecule has 0 bridgehead atoms. The molecule has 0 N–H and O–H groups in total. The van der Waals surface area contributed by atoms with E-state index in [2.05, 4.69) is 103 Å². The number of nitrogens with zero attached hydrogens (tertiary/aromatic N) is 3. The maximum atomic E-state index is 6.59. The maximum absolute atomic E-state index is 6.59. The first-order valence-corrected chi connectivity index (χ1v) is 17.1. The summed E-state index contributed by atoms with van der Waals surface area (Å²) in [6.07, 6.45) is 0. The second kappa shape index (κ2) is 11.9. The minimum Gasteiger partial charge on any atom is -0.455 e. The quantitative estimate of drug-likeness (QED) is 0.186. The first-order chi connectivity index (χ1) is 25.2. The Morgan fingerprint density at radius 3 is 1.55 bits per heavy atom. The second-order valence-electron chi connectivity index (χ2n) is 12.8. The van der Waals surface area contributed by atoms with Crippen molar-refractivity contribution in [3.05, 3.63) is 176 Å². The van der Waals surface area contributed by atoms with Gasteiger partial charge in [0.15, 0.2) is 17.5 Å². The minimum atomic E-state index is 0.618. The summed E-state index contributed by atoms with van der Waals surface area (Å²) in [7, 11) is 0. The van der Waals surface area contributed by atoms with E-state index in [1.54, 1.807) is 0 Å². The molecule has 0 fully saturated rings. The molecule has 0 spiro atoms. The van der Waals surface area contributed by atoms with Crippen LogP contribution in [0.1, 0.15) is 0 Å². The first kappa shape index (κ1) is 29.0. The van der Waals surface area contributed by atoms with Gasteiger partial charge in [0.25, 0.3) is 0 Å². The Balaban J connectivity index is 1.16. The molecule has 2 heterocycles. The van der Waals surface area contributed by atoms with Gasteiger partial charge >= 0.3 is 0 Å². The second-order valence-corrected chi connectivity index (χ2v) is 12.8. The van der Waals surface area contributed by atoms with Gasteiger partial charge in [0.2, 0.25) is 0 Å². The number of hydrogen-bond donors (Lipinski definition) is 0. The number of rotatable bonds is 5. The molecule has 0 aliphatic carbocycles. The molecule has 0 amide bonds. The van der Waals surface area contributed by atoms with E-state index in [0.29, 0.717) is 17.5 Å². The van der Waals surface area contributed by atoms with Crippen LogP contribution in [0, 0.1) is 0 Å². The normalized spacial score (nSPS) is 11.5. The van der Waals surface area contributed by atoms with Crippen molar-refractivity contribution in [3.63, 3.8) is 0 Å². The minimum absolute atomic E-state index is 0.618. The van der Waals surface area contributed by atoms with Crippen LogP contribution in [0.25, 0.3) is 99.9 Å². The molecular formula is C47H29N3O. The summed E-state index contributed by atoms with van der Waals surface area (Å²) in [5.74, 6) is 1.88. The number of para-hydroxylation sites is 1. The van der Waals surface area contributed by atoms with E-state index in [-0.39, 0.29) is 0 Å². The van der Waals surface area contributed by atoms with Crippen LogP contribution in [0.15, 0.2) is 180 Å². The van der Waals surface area contributed by atoms with E-state index < -0.39 is 0 Å². The summed E-state index contributed by atoms with van der Waals surface area (Å²) in [6, 6.07) is 61.1. The first-order valence-electron chi connectivity index (χ1n) is 17.1. The van der Waals surface area contributed by atoms with Crippen molar-refractivity contribution < 1.29 is 4.42 Å². The standard InChI is InChI=1S/C47H29N3O/c1-3-12-33(13-4-1)45-48-46(34-14-5-2-6-15-34)50-47(49-45)42-29-41-39-17-9-10-18-43(39)51-44(41)40-28-37(25-26-38(40)42)32-21-19-31(20-22-32)36-24-23-30-11-7-8-16-35(30)27-36/h1-29H. The van der Waals surface area contributed by atoms with Crippen molar-refractivity contribution in [2.45, 2.75) is 0 Å². The Hall–Kier alpha value is -6.91. The zero-order valence-electron chi connectivity index (χ0n) is 27.5. The van der Waals surface area contributed by atoms with Crippen LogP contribution < -0.4 is 0 Å². The highest BCUT2D eigenvalue weighted by Gasteiger charge is 2.19. The zero-order valence-corrected chi connectivity index (χ0v) is 27.5. The number of fused-ring (bicyclic) bond motifs is 6. The molecule has 238 valence electrons. The third kappa shape index (κ3) is 5.13. The van der Waals surface area contributed by atoms with Gasteiger partial charge in [0.1, 0.15) is 11.2 Å². The van der Waals surface area contributed by atoms with Crippen LogP contribution in [-0.4, -0.2) is 15.0 Å². The van der Waals surface area contributed by atoms with Gasteiger partial charge in [-0.25, -0.2) is 15.0 Å². The number of aromatic nitrogens is 3. The largest absolute Gasteiger partial charge is 0.455 e. The van der Waals surface area contributed by atoms with E-state index >= 15 is 0 Å². The Kier molecular flexibility index (Phi) is 6.78. The topological polar surface area (TPSA) is 51.8 Å². The zero-order chi connectivity index (χ0) is 33.7. The van der Waals surface area contributed by atoms with Crippen molar-refractivity contribution in [1.29, 1.82) is 0 Å². The van der Waals surface area contributed by atoms with Crippen LogP contribution in [0.4, 0.5) is 0 Å². The molecule has 2 aromatic heterocycles. The maximum Gasteiger partial charge on any atom is 0.164 e. The van der Waals surface area contributed by atoms with Crippen molar-refractivity contribution in [2.75, 3.05) is 0 Å². The van der Waals surface area contributed by atoms with Gasteiger partial charge in [-0.2, -0.15) is 0 Å². The lowest BCUT2D eigenvalue weighted by Crippen LogP contribution is -2.00. The fraction of sp³-hybridized carbons (Fsp3) is 0. The van der Waals surface area contributed by atoms with Crippen LogP contribution in [0.2, 0.25) is 0 Å². The average Bonchev–Trinajstić information content (AvgIpc) is 3.60. The van der Waals surface area contributed by atoms with Crippen molar-refractivity contribution >= 4 is 43.5 Å². The molecule has 10 aromatic rings. The molecule has 4 heteroatoms. The summed E-state index contributed by atoms with van der Waals surface area (Å²) in [4.78, 5) is 15.2. The molecule has 51 heavy (non-hydrogen) atoms. The van der Waals surface area contributed by atoms with Gasteiger partial charge in [-0.05, 0) is 62.7 Å². The van der Waals surface area contributed by atoms with Gasteiger partial charge in [-0.3, -0.25) is 0 Å². The molecule has 10 rings (SSSR count). The van der Waals surface area contributed by atoms with Crippen molar-refractivity contribution in [1.82, 2.24) is 15.0 Å². The van der Waals surface area contributed by atoms with E-state index in [0.717, 1.165) is 60.5 Å². The fourth-order valence-corrected chi connectivity index (χ4v) is 7.12. The highest BCUT2D eigenvalue weighted by atomic mass is 16.3. The third-order valence-corrected chi connectivity index (χ3v) is 9.72. The molecule has 4 nitrogen and oxygen atoms in total. The Morgan fingerprint density at radius 1 is 0.314 bits per heavy atom. The number of benzene rings is 8. The SMILES string of the molecule is c1ccc(-c2nc(-c3ccccc3)nc(-c3cc4c5ccccc5oc4c4cc(-c5ccc(-c6ccc7ccccc7c6)cc5)ccc34)n2)cc1. The Bertz CT molecular complexity index is 2840. The smallest absolute Gasteiger partial charge is 0.164 e. The van der Waals surface area contributed by atoms with Gasteiger partial charge in [-0.1, -0.05) is 152 Å². The lowest BCUT2D eigenvalue weighted by Gasteiger charge is -2.12. The fourth-order valence-electron chi connectivity index (χ4n) is 7.12. The molecular weight excluding hydrogens is 623 g/mol. The van der Waals surface area contributed by atoms with Crippen molar-refractivity contribution in [2.24, 2.45) is 0 Å². The molecule has 0 aliphatic heterocycles. The van der Waals surface area contributed by atoms with E-state index in [4.69, 9.17) is 19.4 Å². The molecule has 0 radical (unpaired) electrons. The summed E-state index contributed by atoms with van der Waals surface area (Å²) in [6.45, 7) is 0. The molecule has 0 saturated carbocycles. The van der Waals surface area contributed by atoms with Gasteiger partial charge in [0, 0.05) is 32.8 Å². The van der Waals surface area contributed by atoms with Crippen LogP contribution >= 0.6 is 0 Å². The predicted octanol–water partition coefficient (Wildman–Crippen LogP) is 12.4. The average molecular weight is 652 g/mol. The number of hydrogen-bond acceptors (Lipinski definition) is 4. The Morgan fingerprint density at radius 2 is 0.843 bits per heavy atom. The Labute approximate surface area is 294 Å². The van der Waals surface area contributed by atoms with E-state index in [1.165, 1.54) is 21.9 Å². The summed E-state index contributed by atoms with van der Waals surface area (Å²) >= 11 is 0. The van der Waals surface area contributed by atoms with Gasteiger partial charge in [0.05, 0.1) is 0 Å². The predicted molar refractivity (Wildman–Crippen MR) is 209 cm³/mol. The molecule has 8 aromatic carbocycles. The monoisotopic (exact) mass is 651 g/mol. The summed E-state index contributed by atoms with van der Waals surface area (Å²) < 4.78 is 6.59. The summed E-state index contributed by atoms with van der Waals surface area (Å²) in [5.41, 5.74) is 9.13. The van der Waals surface area contributed by atoms with Crippen LogP contribution in [-0.2, 0) is 0 Å². The molecule has 0 unspecified atom stereocenters. The third-order valence-electron chi connectivity index (χ3n) is 9.72. The highest BCUT2D eigenvalue weighted by Crippen LogP contribution is 2.41. The van der Waals surface area contributed by atoms with Gasteiger partial charge in [-0.15, -0.1) is 0 Å². The lowest BCUT2D eigenvalue weighted by molar-refractivity contribution is 0.672. The van der Waals surface area contributed by atoms with Crippen LogP contribution in [0.3, 0.4) is 0 Å². The van der Waals surface area contributed by atoms with E-state index in [9.17, 15) is 0 Å². The lowest BCUT2D eigenvalue weighted by atomic mass is 9.94. The highest BCUT2D eigenvalue weighted by molar-refractivity contribution is 6.19. The number of furan rings is 1. The summed E-state index contributed by atoms with van der Waals surface area (Å²) in [5, 5.41) is 6.60. The molecule has 0 atom stereocenters. The molecule has 0 aliphatic rings. The van der Waals surface area contributed by atoms with Gasteiger partial charge < -0.3 is 4.42 Å². The molecule has 0 saturated heterocycles. The van der Waals surface area contributed by atoms with E-state index in [1.807, 2.05) is 72.8 Å². The van der Waals surface area contributed by atoms with Crippen molar-refractivity contribution in [3.8, 4) is 56.4 Å².